The maximum Gasteiger partial charge on any atom is 0.260 e. The molecule has 0 unspecified atom stereocenters. The van der Waals surface area contributed by atoms with E-state index >= 15 is 0 Å². The van der Waals surface area contributed by atoms with Crippen LogP contribution in [-0.2, 0) is 6.54 Å². The highest BCUT2D eigenvalue weighted by Crippen LogP contribution is 2.34. The first-order valence-electron chi connectivity index (χ1n) is 11.1. The van der Waals surface area contributed by atoms with Gasteiger partial charge in [0.05, 0.1) is 31.0 Å². The summed E-state index contributed by atoms with van der Waals surface area (Å²) in [5, 5.41) is 11.0. The summed E-state index contributed by atoms with van der Waals surface area (Å²) in [6.45, 7) is 8.11. The molecule has 170 valence electrons. The van der Waals surface area contributed by atoms with Gasteiger partial charge in [0.2, 0.25) is 0 Å². The Hall–Kier alpha value is -3.03. The van der Waals surface area contributed by atoms with Crippen LogP contribution < -0.4 is 10.3 Å². The fraction of sp³-hybridized carbons (Fsp3) is 0.400. The summed E-state index contributed by atoms with van der Waals surface area (Å²) < 4.78 is 12.7. The monoisotopic (exact) mass is 437 g/mol. The van der Waals surface area contributed by atoms with Crippen molar-refractivity contribution in [2.45, 2.75) is 26.4 Å². The molecule has 1 saturated heterocycles. The molecule has 7 heteroatoms. The molecule has 3 heterocycles. The number of furan rings is 1. The molecular formula is C25H31N3O4. The summed E-state index contributed by atoms with van der Waals surface area (Å²) in [6.07, 6.45) is 1.60. The van der Waals surface area contributed by atoms with E-state index in [1.165, 1.54) is 0 Å². The third-order valence-electron chi connectivity index (χ3n) is 6.10. The zero-order chi connectivity index (χ0) is 22.7. The minimum Gasteiger partial charge on any atom is -0.507 e. The van der Waals surface area contributed by atoms with Gasteiger partial charge in [-0.2, -0.15) is 0 Å². The molecule has 0 spiro atoms. The van der Waals surface area contributed by atoms with Gasteiger partial charge in [-0.15, -0.1) is 0 Å². The zero-order valence-corrected chi connectivity index (χ0v) is 19.0. The van der Waals surface area contributed by atoms with Gasteiger partial charge in [0.25, 0.3) is 5.56 Å². The third-order valence-corrected chi connectivity index (χ3v) is 6.10. The normalized spacial score (nSPS) is 16.2. The van der Waals surface area contributed by atoms with Crippen molar-refractivity contribution >= 4 is 0 Å². The molecule has 1 fully saturated rings. The molecule has 0 aliphatic carbocycles. The Morgan fingerprint density at radius 1 is 1.12 bits per heavy atom. The number of aromatic nitrogens is 1. The van der Waals surface area contributed by atoms with Crippen LogP contribution in [0.3, 0.4) is 0 Å². The Balaban J connectivity index is 1.80. The Labute approximate surface area is 188 Å². The Morgan fingerprint density at radius 3 is 2.47 bits per heavy atom. The molecule has 3 aromatic rings. The number of ether oxygens (including phenoxy) is 1. The minimum atomic E-state index is -0.352. The van der Waals surface area contributed by atoms with E-state index in [0.717, 1.165) is 37.5 Å². The topological polar surface area (TPSA) is 71.1 Å². The van der Waals surface area contributed by atoms with E-state index in [0.29, 0.717) is 30.2 Å². The first kappa shape index (κ1) is 22.2. The van der Waals surface area contributed by atoms with Gasteiger partial charge in [-0.25, -0.2) is 0 Å². The molecule has 0 radical (unpaired) electrons. The number of hydrogen-bond acceptors (Lipinski definition) is 6. The molecule has 4 rings (SSSR count). The van der Waals surface area contributed by atoms with Crippen molar-refractivity contribution in [3.05, 3.63) is 81.7 Å². The van der Waals surface area contributed by atoms with Crippen LogP contribution in [0.15, 0.2) is 57.9 Å². The quantitative estimate of drug-likeness (QED) is 0.612. The fourth-order valence-electron chi connectivity index (χ4n) is 4.33. The average Bonchev–Trinajstić information content (AvgIpc) is 3.29. The number of rotatable bonds is 7. The molecule has 1 atom stereocenters. The molecule has 2 aromatic heterocycles. The molecule has 1 N–H and O–H groups in total. The highest BCUT2D eigenvalue weighted by molar-refractivity contribution is 5.42. The van der Waals surface area contributed by atoms with Crippen LogP contribution in [0.4, 0.5) is 0 Å². The number of nitrogens with zero attached hydrogens (tertiary/aromatic N) is 3. The molecular weight excluding hydrogens is 406 g/mol. The molecule has 0 amide bonds. The second-order valence-electron chi connectivity index (χ2n) is 8.30. The number of piperazine rings is 1. The van der Waals surface area contributed by atoms with E-state index < -0.39 is 0 Å². The molecule has 0 bridgehead atoms. The summed E-state index contributed by atoms with van der Waals surface area (Å²) in [7, 11) is 2.10. The van der Waals surface area contributed by atoms with Crippen LogP contribution in [0.1, 0.15) is 35.5 Å². The van der Waals surface area contributed by atoms with Crippen molar-refractivity contribution in [3.63, 3.8) is 0 Å². The lowest BCUT2D eigenvalue weighted by Gasteiger charge is -2.38. The van der Waals surface area contributed by atoms with Crippen LogP contribution in [0, 0.1) is 6.92 Å². The van der Waals surface area contributed by atoms with Crippen molar-refractivity contribution < 1.29 is 14.3 Å². The minimum absolute atomic E-state index is 0.0287. The highest BCUT2D eigenvalue weighted by atomic mass is 16.5. The summed E-state index contributed by atoms with van der Waals surface area (Å²) in [6, 6.07) is 12.8. The lowest BCUT2D eigenvalue weighted by Crippen LogP contribution is -2.47. The van der Waals surface area contributed by atoms with Crippen molar-refractivity contribution in [1.29, 1.82) is 0 Å². The van der Waals surface area contributed by atoms with E-state index in [2.05, 4.69) is 16.8 Å². The summed E-state index contributed by atoms with van der Waals surface area (Å²) in [5.74, 6) is 1.52. The number of aryl methyl sites for hydroxylation is 1. The fourth-order valence-corrected chi connectivity index (χ4v) is 4.33. The predicted octanol–water partition coefficient (Wildman–Crippen LogP) is 3.24. The van der Waals surface area contributed by atoms with Crippen molar-refractivity contribution in [2.24, 2.45) is 0 Å². The van der Waals surface area contributed by atoms with Crippen molar-refractivity contribution in [2.75, 3.05) is 39.8 Å². The summed E-state index contributed by atoms with van der Waals surface area (Å²) >= 11 is 0. The maximum atomic E-state index is 13.7. The molecule has 1 aliphatic rings. The van der Waals surface area contributed by atoms with E-state index in [9.17, 15) is 9.90 Å². The maximum absolute atomic E-state index is 13.7. The highest BCUT2D eigenvalue weighted by Gasteiger charge is 2.31. The van der Waals surface area contributed by atoms with Crippen LogP contribution in [-0.4, -0.2) is 59.3 Å². The first-order valence-corrected chi connectivity index (χ1v) is 11.1. The van der Waals surface area contributed by atoms with Gasteiger partial charge in [-0.3, -0.25) is 9.69 Å². The molecule has 32 heavy (non-hydrogen) atoms. The van der Waals surface area contributed by atoms with E-state index in [1.807, 2.05) is 50.2 Å². The number of aromatic hydroxyl groups is 1. The second-order valence-corrected chi connectivity index (χ2v) is 8.30. The standard InChI is InChI=1S/C25H31N3O4/c1-4-31-20-9-7-19(8-10-20)24(27-13-11-26(3)12-14-27)23-22(29)16-18(2)28(25(23)30)17-21-6-5-15-32-21/h5-10,15-16,24,29H,4,11-14,17H2,1-3H3/t24-/m0/s1. The molecule has 7 nitrogen and oxygen atoms in total. The summed E-state index contributed by atoms with van der Waals surface area (Å²) in [4.78, 5) is 18.3. The SMILES string of the molecule is CCOc1ccc([C@@H](c2c(O)cc(C)n(Cc3ccco3)c2=O)N2CCN(C)CC2)cc1. The predicted molar refractivity (Wildman–Crippen MR) is 123 cm³/mol. The van der Waals surface area contributed by atoms with E-state index in [1.54, 1.807) is 16.9 Å². The van der Waals surface area contributed by atoms with Gasteiger partial charge in [0, 0.05) is 31.9 Å². The van der Waals surface area contributed by atoms with Crippen LogP contribution in [0.5, 0.6) is 11.5 Å². The Kier molecular flexibility index (Phi) is 6.67. The van der Waals surface area contributed by atoms with Gasteiger partial charge >= 0.3 is 0 Å². The third kappa shape index (κ3) is 4.59. The van der Waals surface area contributed by atoms with Crippen LogP contribution in [0.25, 0.3) is 0 Å². The van der Waals surface area contributed by atoms with E-state index in [4.69, 9.17) is 9.15 Å². The van der Waals surface area contributed by atoms with Crippen molar-refractivity contribution in [1.82, 2.24) is 14.4 Å². The van der Waals surface area contributed by atoms with Gasteiger partial charge in [-0.05, 0) is 56.8 Å². The number of benzene rings is 1. The Bertz CT molecular complexity index is 1080. The summed E-state index contributed by atoms with van der Waals surface area (Å²) in [5.41, 5.74) is 1.85. The van der Waals surface area contributed by atoms with Crippen LogP contribution >= 0.6 is 0 Å². The number of hydrogen-bond donors (Lipinski definition) is 1. The lowest BCUT2D eigenvalue weighted by atomic mass is 9.96. The lowest BCUT2D eigenvalue weighted by molar-refractivity contribution is 0.125. The van der Waals surface area contributed by atoms with Gasteiger partial charge in [-0.1, -0.05) is 12.1 Å². The molecule has 1 aliphatic heterocycles. The zero-order valence-electron chi connectivity index (χ0n) is 19.0. The first-order chi connectivity index (χ1) is 15.5. The second kappa shape index (κ2) is 9.63. The van der Waals surface area contributed by atoms with Crippen LogP contribution in [0.2, 0.25) is 0 Å². The number of likely N-dealkylation sites (N-methyl/N-ethyl adjacent to an activating group) is 1. The smallest absolute Gasteiger partial charge is 0.260 e. The van der Waals surface area contributed by atoms with E-state index in [-0.39, 0.29) is 17.4 Å². The van der Waals surface area contributed by atoms with Crippen molar-refractivity contribution in [3.8, 4) is 11.5 Å². The van der Waals surface area contributed by atoms with Gasteiger partial charge in [0.15, 0.2) is 0 Å². The average molecular weight is 438 g/mol. The number of pyridine rings is 1. The molecule has 1 aromatic carbocycles. The largest absolute Gasteiger partial charge is 0.507 e. The van der Waals surface area contributed by atoms with Gasteiger partial charge in [0.1, 0.15) is 17.3 Å². The van der Waals surface area contributed by atoms with Gasteiger partial charge < -0.3 is 23.7 Å². The molecule has 0 saturated carbocycles. The Morgan fingerprint density at radius 2 is 1.84 bits per heavy atom.